The van der Waals surface area contributed by atoms with Gasteiger partial charge in [-0.25, -0.2) is 0 Å². The Morgan fingerprint density at radius 3 is 0.789 bits per heavy atom. The maximum absolute atomic E-state index is 14.4. The largest absolute Gasteiger partial charge is 0.462 e. The molecule has 0 aromatic heterocycles. The summed E-state index contributed by atoms with van der Waals surface area (Å²) in [6.07, 6.45) is -235. The van der Waals surface area contributed by atoms with Crippen molar-refractivity contribution in [2.75, 3.05) is 13.2 Å². The molecule has 0 aliphatic rings. The van der Waals surface area contributed by atoms with Crippen LogP contribution in [0.25, 0.3) is 0 Å². The summed E-state index contributed by atoms with van der Waals surface area (Å²) >= 11 is 0. The molecule has 0 aliphatic heterocycles. The summed E-state index contributed by atoms with van der Waals surface area (Å²) in [4.78, 5) is 42.8. The highest BCUT2D eigenvalue weighted by Crippen LogP contribution is 2.16. The van der Waals surface area contributed by atoms with Gasteiger partial charge in [-0.15, -0.1) is 0 Å². The molecular formula is C51H98O6. The molecule has 338 valence electrons. The van der Waals surface area contributed by atoms with E-state index >= 15 is 0 Å². The molecule has 0 N–H and O–H groups in total. The molecule has 0 bridgehead atoms. The lowest BCUT2D eigenvalue weighted by Gasteiger charge is -2.18. The zero-order valence-electron chi connectivity index (χ0n) is 121. The van der Waals surface area contributed by atoms with Crippen LogP contribution < -0.4 is 0 Å². The molecule has 6 nitrogen and oxygen atoms in total. The minimum atomic E-state index is -5.81. The summed E-state index contributed by atoms with van der Waals surface area (Å²) in [6, 6.07) is 0. The van der Waals surface area contributed by atoms with Crippen LogP contribution in [0.1, 0.15) is 416 Å². The number of ether oxygens (including phenoxy) is 3. The fraction of sp³-hybridized carbons (Fsp3) is 0.941. The van der Waals surface area contributed by atoms with Crippen molar-refractivity contribution in [3.63, 3.8) is 0 Å². The third kappa shape index (κ3) is 45.3. The van der Waals surface area contributed by atoms with Gasteiger partial charge in [0, 0.05) is 147 Å². The third-order valence-electron chi connectivity index (χ3n) is 3.82. The highest BCUT2D eigenvalue weighted by molar-refractivity contribution is 5.71. The second-order valence-electron chi connectivity index (χ2n) is 7.47. The third-order valence-corrected chi connectivity index (χ3v) is 3.82. The Labute approximate surface area is 485 Å². The first-order valence-electron chi connectivity index (χ1n) is 60.6. The monoisotopic (exact) mass is 900 g/mol. The van der Waals surface area contributed by atoms with Crippen LogP contribution in [0.5, 0.6) is 0 Å². The first-order valence-corrected chi connectivity index (χ1v) is 14.1. The van der Waals surface area contributed by atoms with Crippen LogP contribution in [0.2, 0.25) is 0 Å². The van der Waals surface area contributed by atoms with Crippen molar-refractivity contribution in [1.29, 1.82) is 0 Å². The lowest BCUT2D eigenvalue weighted by Crippen LogP contribution is -2.30. The Morgan fingerprint density at radius 2 is 0.544 bits per heavy atom. The van der Waals surface area contributed by atoms with Crippen LogP contribution in [0.15, 0.2) is 0 Å². The fourth-order valence-corrected chi connectivity index (χ4v) is 1.98. The first kappa shape index (κ1) is 7.55. The molecule has 0 heterocycles. The Kier molecular flexibility index (Phi) is 6.24. The van der Waals surface area contributed by atoms with Gasteiger partial charge in [0.1, 0.15) is 13.2 Å². The summed E-state index contributed by atoms with van der Waals surface area (Å²) in [7, 11) is 0. The van der Waals surface area contributed by atoms with Gasteiger partial charge in [0.05, 0.1) is 0 Å². The Bertz CT molecular complexity index is 4620. The van der Waals surface area contributed by atoms with Gasteiger partial charge in [-0.2, -0.15) is 0 Å². The van der Waals surface area contributed by atoms with Crippen molar-refractivity contribution in [3.05, 3.63) is 0 Å². The predicted molar refractivity (Wildman–Crippen MR) is 243 cm³/mol. The molecule has 0 spiro atoms. The standard InChI is InChI=1S/C51H98O6/c1-4-7-10-13-16-19-22-25-28-31-34-37-40-43-49(52)55-46-48(57-51(54)45-42-39-36-33-30-27-24-21-18-15-12-9-6-3)47-56-50(53)44-41-38-35-32-29-26-23-20-17-14-11-8-5-2/h48H,4-47H2,1-3H3/i1D3,2D3,3D3,4D2,5D2,6D2,7D2,8D2,9D2,10D2,11D2,12D2,13D2,14D2,15D2,16D2,17D2,18D2,19D2,20D2,21D2,22D2,23D2,24D2,25D2,26D2,27D2,28D2,29D2,30D2,31D2,32D2,33D2,34D2,35D2,36D2,37D2,38D2,39D2,40D2,41D2,42D2,43D2,44D2,45D2. The molecule has 0 radical (unpaired) electrons. The molecule has 0 aliphatic carbocycles. The number of hydrogen-bond acceptors (Lipinski definition) is 6. The molecule has 57 heavy (non-hydrogen) atoms. The highest BCUT2D eigenvalue weighted by atomic mass is 16.6. The molecule has 0 unspecified atom stereocenters. The van der Waals surface area contributed by atoms with Gasteiger partial charge in [-0.3, -0.25) is 14.4 Å². The lowest BCUT2D eigenvalue weighted by molar-refractivity contribution is -0.167. The molecule has 0 amide bonds. The average Bonchev–Trinajstić information content (AvgIpc) is 0.676. The number of rotatable bonds is 47. The second kappa shape index (κ2) is 47.1. The first-order chi connectivity index (χ1) is 63.0. The normalized spacial score (nSPS) is 46.8. The predicted octanol–water partition coefficient (Wildman–Crippen LogP) is 16.4. The molecule has 0 aromatic carbocycles. The van der Waals surface area contributed by atoms with Gasteiger partial charge in [0.15, 0.2) is 6.10 Å². The quantitative estimate of drug-likeness (QED) is 0.0447. The van der Waals surface area contributed by atoms with E-state index in [1.54, 1.807) is 0 Å². The zero-order chi connectivity index (χ0) is 124. The van der Waals surface area contributed by atoms with Gasteiger partial charge < -0.3 is 14.2 Å². The van der Waals surface area contributed by atoms with E-state index in [4.69, 9.17) is 127 Å². The number of hydrogen-bond donors (Lipinski definition) is 0. The molecular weight excluding hydrogens is 709 g/mol. The zero-order valence-corrected chi connectivity index (χ0v) is 28.4. The van der Waals surface area contributed by atoms with E-state index in [9.17, 15) is 14.4 Å². The summed E-state index contributed by atoms with van der Waals surface area (Å²) in [6.45, 7) is -18.8. The number of carbonyl (C=O) groups excluding carboxylic acids is 3. The van der Waals surface area contributed by atoms with Crippen LogP contribution in [-0.4, -0.2) is 37.2 Å². The second-order valence-corrected chi connectivity index (χ2v) is 7.47. The molecule has 0 saturated heterocycles. The summed E-state index contributed by atoms with van der Waals surface area (Å²) in [5.74, 6) is -10.4. The Hall–Kier alpha value is -1.59. The van der Waals surface area contributed by atoms with E-state index < -0.39 is 325 Å². The van der Waals surface area contributed by atoms with Gasteiger partial charge in [-0.1, -0.05) is 250 Å². The minimum absolute atomic E-state index is 2.82. The maximum atomic E-state index is 14.4. The topological polar surface area (TPSA) is 78.9 Å². The molecule has 0 atom stereocenters. The SMILES string of the molecule is [2H]C([2H])([2H])C([2H])([2H])C([2H])([2H])C([2H])([2H])C([2H])([2H])C([2H])([2H])C([2H])([2H])C([2H])([2H])C([2H])([2H])C([2H])([2H])C([2H])([2H])C([2H])([2H])C([2H])([2H])C([2H])([2H])C([2H])([2H])C(=O)OCC(COC(=O)C([2H])([2H])C([2H])([2H])C([2H])([2H])C([2H])([2H])C([2H])([2H])C([2H])([2H])C([2H])([2H])C([2H])([2H])C([2H])([2H])C([2H])([2H])C([2H])([2H])C([2H])([2H])C([2H])([2H])C([2H])([2H])C([2H])([2H])[2H])OC(=O)C([2H])([2H])C([2H])([2H])C([2H])([2H])C([2H])([2H])C([2H])([2H])C([2H])([2H])C([2H])([2H])C([2H])([2H])C([2H])([2H])C([2H])([2H])C([2H])([2H])C([2H])([2H])C([2H])([2H])C([2H])([2H])C([2H])([2H])[2H]. The molecule has 0 rings (SSSR count). The fourth-order valence-electron chi connectivity index (χ4n) is 1.98. The molecule has 0 aromatic rings. The maximum Gasteiger partial charge on any atom is 0.306 e. The van der Waals surface area contributed by atoms with Crippen molar-refractivity contribution in [1.82, 2.24) is 0 Å². The van der Waals surface area contributed by atoms with Gasteiger partial charge >= 0.3 is 17.9 Å². The minimum Gasteiger partial charge on any atom is -0.462 e. The smallest absolute Gasteiger partial charge is 0.306 e. The molecule has 0 saturated carbocycles. The van der Waals surface area contributed by atoms with Crippen molar-refractivity contribution >= 4 is 17.9 Å². The van der Waals surface area contributed by atoms with Gasteiger partial charge in [-0.05, 0) is 19.1 Å². The van der Waals surface area contributed by atoms with E-state index in [2.05, 4.69) is 14.2 Å². The van der Waals surface area contributed by atoms with Gasteiger partial charge in [0.2, 0.25) is 0 Å². The van der Waals surface area contributed by atoms with Crippen LogP contribution in [0, 0.1) is 0 Å². The van der Waals surface area contributed by atoms with Crippen molar-refractivity contribution < 1.29 is 156 Å². The molecule has 6 heteroatoms. The Balaban J connectivity index is 9.51. The Morgan fingerprint density at radius 1 is 0.333 bits per heavy atom. The van der Waals surface area contributed by atoms with Crippen molar-refractivity contribution in [2.24, 2.45) is 0 Å². The van der Waals surface area contributed by atoms with E-state index in [0.717, 1.165) is 0 Å². The van der Waals surface area contributed by atoms with E-state index in [-0.39, 0.29) is 0 Å². The number of carbonyl (C=O) groups is 3. The summed E-state index contributed by atoms with van der Waals surface area (Å²) in [5, 5.41) is 0. The summed E-state index contributed by atoms with van der Waals surface area (Å²) in [5.41, 5.74) is 0. The highest BCUT2D eigenvalue weighted by Gasteiger charge is 2.19. The van der Waals surface area contributed by atoms with Gasteiger partial charge in [0.25, 0.3) is 0 Å². The van der Waals surface area contributed by atoms with E-state index in [0.29, 0.717) is 0 Å². The van der Waals surface area contributed by atoms with Crippen LogP contribution >= 0.6 is 0 Å². The summed E-state index contributed by atoms with van der Waals surface area (Å²) < 4.78 is 783. The van der Waals surface area contributed by atoms with Crippen LogP contribution in [-0.2, 0) is 28.6 Å². The van der Waals surface area contributed by atoms with Crippen LogP contribution in [0.3, 0.4) is 0 Å². The van der Waals surface area contributed by atoms with Crippen LogP contribution in [0.4, 0.5) is 0 Å². The van der Waals surface area contributed by atoms with E-state index in [1.807, 2.05) is 0 Å². The van der Waals surface area contributed by atoms with Crippen molar-refractivity contribution in [3.8, 4) is 0 Å². The molecule has 0 fully saturated rings. The average molecular weight is 901 g/mol. The number of esters is 3. The lowest BCUT2D eigenvalue weighted by atomic mass is 10.0. The van der Waals surface area contributed by atoms with Crippen molar-refractivity contribution in [2.45, 2.75) is 294 Å². The van der Waals surface area contributed by atoms with E-state index in [1.165, 1.54) is 0 Å².